The number of hydrogen-bond donors (Lipinski definition) is 2. The van der Waals surface area contributed by atoms with E-state index in [1.165, 1.54) is 0 Å². The minimum Gasteiger partial charge on any atom is -0.506 e. The molecule has 0 bridgehead atoms. The van der Waals surface area contributed by atoms with Gasteiger partial charge in [-0.05, 0) is 30.0 Å². The monoisotopic (exact) mass is 289 g/mol. The van der Waals surface area contributed by atoms with E-state index in [4.69, 9.17) is 23.2 Å². The van der Waals surface area contributed by atoms with Crippen LogP contribution in [0.3, 0.4) is 0 Å². The van der Waals surface area contributed by atoms with Crippen molar-refractivity contribution in [1.29, 1.82) is 0 Å². The van der Waals surface area contributed by atoms with Crippen molar-refractivity contribution in [1.82, 2.24) is 5.32 Å². The molecule has 0 saturated carbocycles. The second-order valence-electron chi connectivity index (χ2n) is 5.79. The summed E-state index contributed by atoms with van der Waals surface area (Å²) in [6.07, 6.45) is 0. The van der Waals surface area contributed by atoms with E-state index in [2.05, 4.69) is 33.0 Å². The van der Waals surface area contributed by atoms with Crippen molar-refractivity contribution >= 4 is 23.2 Å². The summed E-state index contributed by atoms with van der Waals surface area (Å²) in [7, 11) is 0. The Bertz CT molecular complexity index is 413. The number of phenols is 1. The molecule has 1 aromatic carbocycles. The van der Waals surface area contributed by atoms with Crippen LogP contribution in [0.5, 0.6) is 5.75 Å². The molecular weight excluding hydrogens is 269 g/mol. The molecule has 0 fully saturated rings. The minimum atomic E-state index is 0.108. The second kappa shape index (κ2) is 6.14. The Hall–Kier alpha value is -0.440. The molecule has 1 aromatic rings. The lowest BCUT2D eigenvalue weighted by Gasteiger charge is -2.27. The standard InChI is InChI=1S/C14H21Cl2NO/c1-9(14(2,3)4)7-17-8-10-5-11(15)6-12(16)13(10)18/h5-6,9,17-18H,7-8H2,1-4H3. The zero-order valence-electron chi connectivity index (χ0n) is 11.3. The zero-order chi connectivity index (χ0) is 13.9. The van der Waals surface area contributed by atoms with Gasteiger partial charge in [0.15, 0.2) is 0 Å². The lowest BCUT2D eigenvalue weighted by Crippen LogP contribution is -2.29. The Balaban J connectivity index is 2.60. The highest BCUT2D eigenvalue weighted by molar-refractivity contribution is 6.35. The molecule has 1 rings (SSSR count). The van der Waals surface area contributed by atoms with Gasteiger partial charge < -0.3 is 10.4 Å². The average molecular weight is 290 g/mol. The minimum absolute atomic E-state index is 0.108. The molecule has 0 heterocycles. The van der Waals surface area contributed by atoms with E-state index in [1.54, 1.807) is 12.1 Å². The van der Waals surface area contributed by atoms with Crippen molar-refractivity contribution in [2.45, 2.75) is 34.2 Å². The second-order valence-corrected chi connectivity index (χ2v) is 6.64. The van der Waals surface area contributed by atoms with E-state index >= 15 is 0 Å². The fourth-order valence-corrected chi connectivity index (χ4v) is 2.02. The summed E-state index contributed by atoms with van der Waals surface area (Å²) < 4.78 is 0. The molecule has 0 aromatic heterocycles. The molecule has 0 radical (unpaired) electrons. The summed E-state index contributed by atoms with van der Waals surface area (Å²) in [5.74, 6) is 0.645. The van der Waals surface area contributed by atoms with Crippen molar-refractivity contribution in [2.75, 3.05) is 6.54 Å². The van der Waals surface area contributed by atoms with E-state index in [9.17, 15) is 5.11 Å². The first-order valence-corrected chi connectivity index (χ1v) is 6.85. The largest absolute Gasteiger partial charge is 0.506 e. The number of aromatic hydroxyl groups is 1. The van der Waals surface area contributed by atoms with Crippen molar-refractivity contribution in [3.63, 3.8) is 0 Å². The van der Waals surface area contributed by atoms with Gasteiger partial charge in [0.1, 0.15) is 5.75 Å². The van der Waals surface area contributed by atoms with E-state index < -0.39 is 0 Å². The fourth-order valence-electron chi connectivity index (χ4n) is 1.48. The van der Waals surface area contributed by atoms with Gasteiger partial charge in [-0.15, -0.1) is 0 Å². The molecule has 1 atom stereocenters. The predicted octanol–water partition coefficient (Wildman–Crippen LogP) is 4.47. The van der Waals surface area contributed by atoms with Gasteiger partial charge in [0.2, 0.25) is 0 Å². The highest BCUT2D eigenvalue weighted by atomic mass is 35.5. The quantitative estimate of drug-likeness (QED) is 0.857. The number of hydrogen-bond acceptors (Lipinski definition) is 2. The van der Waals surface area contributed by atoms with Crippen molar-refractivity contribution in [3.8, 4) is 5.75 Å². The van der Waals surface area contributed by atoms with Crippen molar-refractivity contribution in [2.24, 2.45) is 11.3 Å². The van der Waals surface area contributed by atoms with E-state index in [0.717, 1.165) is 12.1 Å². The van der Waals surface area contributed by atoms with Gasteiger partial charge in [0.05, 0.1) is 5.02 Å². The number of nitrogens with one attached hydrogen (secondary N) is 1. The van der Waals surface area contributed by atoms with Crippen LogP contribution in [0, 0.1) is 11.3 Å². The fraction of sp³-hybridized carbons (Fsp3) is 0.571. The van der Waals surface area contributed by atoms with E-state index in [-0.39, 0.29) is 11.2 Å². The summed E-state index contributed by atoms with van der Waals surface area (Å²) in [5, 5.41) is 14.0. The normalized spacial score (nSPS) is 13.7. The van der Waals surface area contributed by atoms with Crippen LogP contribution in [-0.2, 0) is 6.54 Å². The third-order valence-corrected chi connectivity index (χ3v) is 3.86. The van der Waals surface area contributed by atoms with Crippen LogP contribution >= 0.6 is 23.2 Å². The molecule has 2 N–H and O–H groups in total. The molecule has 0 aliphatic carbocycles. The average Bonchev–Trinajstić information content (AvgIpc) is 2.23. The first-order valence-electron chi connectivity index (χ1n) is 6.09. The Kier molecular flexibility index (Phi) is 5.32. The lowest BCUT2D eigenvalue weighted by molar-refractivity contribution is 0.252. The van der Waals surface area contributed by atoms with E-state index in [1.807, 2.05) is 0 Å². The van der Waals surface area contributed by atoms with Gasteiger partial charge in [-0.2, -0.15) is 0 Å². The van der Waals surface area contributed by atoms with E-state index in [0.29, 0.717) is 22.5 Å². The Morgan fingerprint density at radius 3 is 2.44 bits per heavy atom. The highest BCUT2D eigenvalue weighted by Gasteiger charge is 2.19. The third-order valence-electron chi connectivity index (χ3n) is 3.35. The Morgan fingerprint density at radius 1 is 1.28 bits per heavy atom. The van der Waals surface area contributed by atoms with Gasteiger partial charge in [-0.1, -0.05) is 50.9 Å². The van der Waals surface area contributed by atoms with Crippen LogP contribution in [0.25, 0.3) is 0 Å². The SMILES string of the molecule is CC(CNCc1cc(Cl)cc(Cl)c1O)C(C)(C)C. The molecule has 0 aliphatic heterocycles. The van der Waals surface area contributed by atoms with Crippen LogP contribution in [0.4, 0.5) is 0 Å². The topological polar surface area (TPSA) is 32.3 Å². The molecule has 0 saturated heterocycles. The molecule has 1 unspecified atom stereocenters. The molecular formula is C14H21Cl2NO. The third kappa shape index (κ3) is 4.34. The van der Waals surface area contributed by atoms with Crippen molar-refractivity contribution in [3.05, 3.63) is 27.7 Å². The molecule has 4 heteroatoms. The molecule has 2 nitrogen and oxygen atoms in total. The molecule has 102 valence electrons. The summed E-state index contributed by atoms with van der Waals surface area (Å²) in [5.41, 5.74) is 0.995. The molecule has 0 spiro atoms. The van der Waals surface area contributed by atoms with Gasteiger partial charge in [0.25, 0.3) is 0 Å². The van der Waals surface area contributed by atoms with Gasteiger partial charge in [-0.3, -0.25) is 0 Å². The van der Waals surface area contributed by atoms with Crippen LogP contribution in [0.1, 0.15) is 33.3 Å². The summed E-state index contributed by atoms with van der Waals surface area (Å²) >= 11 is 11.8. The number of rotatable bonds is 4. The Labute approximate surface area is 119 Å². The Morgan fingerprint density at radius 2 is 1.89 bits per heavy atom. The first kappa shape index (κ1) is 15.6. The summed E-state index contributed by atoms with van der Waals surface area (Å²) in [6.45, 7) is 10.3. The van der Waals surface area contributed by atoms with Crippen molar-refractivity contribution < 1.29 is 5.11 Å². The predicted molar refractivity (Wildman–Crippen MR) is 78.5 cm³/mol. The van der Waals surface area contributed by atoms with Crippen LogP contribution in [0.15, 0.2) is 12.1 Å². The molecule has 0 amide bonds. The molecule has 18 heavy (non-hydrogen) atoms. The number of halogens is 2. The molecule has 0 aliphatic rings. The number of benzene rings is 1. The maximum atomic E-state index is 9.82. The van der Waals surface area contributed by atoms with Gasteiger partial charge in [-0.25, -0.2) is 0 Å². The van der Waals surface area contributed by atoms with Gasteiger partial charge >= 0.3 is 0 Å². The van der Waals surface area contributed by atoms with Crippen LogP contribution in [0.2, 0.25) is 10.0 Å². The lowest BCUT2D eigenvalue weighted by atomic mass is 9.82. The zero-order valence-corrected chi connectivity index (χ0v) is 12.9. The maximum absolute atomic E-state index is 9.82. The van der Waals surface area contributed by atoms with Crippen LogP contribution < -0.4 is 5.32 Å². The number of phenolic OH excluding ortho intramolecular Hbond substituents is 1. The van der Waals surface area contributed by atoms with Gasteiger partial charge in [0, 0.05) is 17.1 Å². The first-order chi connectivity index (χ1) is 8.21. The van der Waals surface area contributed by atoms with Crippen LogP contribution in [-0.4, -0.2) is 11.7 Å². The highest BCUT2D eigenvalue weighted by Crippen LogP contribution is 2.31. The summed E-state index contributed by atoms with van der Waals surface area (Å²) in [6, 6.07) is 3.28. The maximum Gasteiger partial charge on any atom is 0.138 e. The smallest absolute Gasteiger partial charge is 0.138 e. The summed E-state index contributed by atoms with van der Waals surface area (Å²) in [4.78, 5) is 0.